The zero-order chi connectivity index (χ0) is 13.8. The Morgan fingerprint density at radius 2 is 1.95 bits per heavy atom. The van der Waals surface area contributed by atoms with Crippen LogP contribution in [0.2, 0.25) is 0 Å². The summed E-state index contributed by atoms with van der Waals surface area (Å²) in [5.41, 5.74) is 1.10. The predicted molar refractivity (Wildman–Crippen MR) is 65.4 cm³/mol. The van der Waals surface area contributed by atoms with Crippen LogP contribution in [0.3, 0.4) is 0 Å². The van der Waals surface area contributed by atoms with E-state index in [2.05, 4.69) is 10.4 Å². The molecule has 0 atom stereocenters. The van der Waals surface area contributed by atoms with Crippen LogP contribution in [-0.2, 0) is 13.1 Å². The van der Waals surface area contributed by atoms with Crippen LogP contribution in [0.4, 0.5) is 13.2 Å². The highest BCUT2D eigenvalue weighted by Crippen LogP contribution is 2.23. The quantitative estimate of drug-likeness (QED) is 0.904. The van der Waals surface area contributed by atoms with Gasteiger partial charge in [-0.25, -0.2) is 13.2 Å². The molecule has 0 radical (unpaired) electrons. The average Bonchev–Trinajstić information content (AvgIpc) is 2.76. The summed E-state index contributed by atoms with van der Waals surface area (Å²) in [4.78, 5) is 0. The normalized spacial score (nSPS) is 11.2. The first kappa shape index (κ1) is 13.6. The molecular weight excluding hydrogens is 255 g/mol. The molecule has 0 aliphatic heterocycles. The van der Waals surface area contributed by atoms with Gasteiger partial charge in [-0.1, -0.05) is 12.1 Å². The van der Waals surface area contributed by atoms with Crippen molar-refractivity contribution in [2.45, 2.75) is 19.5 Å². The van der Waals surface area contributed by atoms with E-state index in [1.807, 2.05) is 0 Å². The highest BCUT2D eigenvalue weighted by molar-refractivity contribution is 5.22. The highest BCUT2D eigenvalue weighted by Gasteiger charge is 2.19. The van der Waals surface area contributed by atoms with Crippen molar-refractivity contribution >= 4 is 0 Å². The third kappa shape index (κ3) is 3.14. The predicted octanol–water partition coefficient (Wildman–Crippen LogP) is 2.73. The van der Waals surface area contributed by atoms with Crippen molar-refractivity contribution in [2.75, 3.05) is 7.05 Å². The number of rotatable bonds is 5. The number of benzene rings is 1. The summed E-state index contributed by atoms with van der Waals surface area (Å²) < 4.78 is 40.2. The maximum Gasteiger partial charge on any atom is 0.280 e. The van der Waals surface area contributed by atoms with E-state index in [1.165, 1.54) is 23.0 Å². The maximum absolute atomic E-state index is 13.1. The summed E-state index contributed by atoms with van der Waals surface area (Å²) in [5, 5.41) is 6.80. The van der Waals surface area contributed by atoms with Gasteiger partial charge in [0.25, 0.3) is 6.43 Å². The van der Waals surface area contributed by atoms with Crippen LogP contribution in [0, 0.1) is 5.82 Å². The molecule has 2 rings (SSSR count). The Morgan fingerprint density at radius 3 is 2.53 bits per heavy atom. The lowest BCUT2D eigenvalue weighted by Gasteiger charge is -2.09. The van der Waals surface area contributed by atoms with Gasteiger partial charge in [0.1, 0.15) is 11.5 Å². The summed E-state index contributed by atoms with van der Waals surface area (Å²) in [6.07, 6.45) is -1.16. The Hall–Kier alpha value is -1.82. The van der Waals surface area contributed by atoms with Crippen molar-refractivity contribution in [3.63, 3.8) is 0 Å². The number of hydrogen-bond acceptors (Lipinski definition) is 2. The van der Waals surface area contributed by atoms with Crippen molar-refractivity contribution in [2.24, 2.45) is 0 Å². The molecule has 0 saturated heterocycles. The van der Waals surface area contributed by atoms with Crippen molar-refractivity contribution < 1.29 is 13.2 Å². The number of alkyl halides is 2. The van der Waals surface area contributed by atoms with E-state index >= 15 is 0 Å². The highest BCUT2D eigenvalue weighted by atomic mass is 19.3. The second kappa shape index (κ2) is 5.88. The minimum absolute atomic E-state index is 0.0984. The molecule has 3 nitrogen and oxygen atoms in total. The molecule has 6 heteroatoms. The van der Waals surface area contributed by atoms with Crippen LogP contribution >= 0.6 is 0 Å². The molecule has 1 heterocycles. The summed E-state index contributed by atoms with van der Waals surface area (Å²) in [6, 6.07) is 5.72. The second-order valence-corrected chi connectivity index (χ2v) is 4.17. The first-order chi connectivity index (χ1) is 9.11. The lowest BCUT2D eigenvalue weighted by molar-refractivity contribution is 0.138. The number of halogens is 3. The lowest BCUT2D eigenvalue weighted by Crippen LogP contribution is -2.11. The van der Waals surface area contributed by atoms with E-state index < -0.39 is 6.43 Å². The van der Waals surface area contributed by atoms with Crippen LogP contribution in [0.5, 0.6) is 0 Å². The van der Waals surface area contributed by atoms with Gasteiger partial charge in [0, 0.05) is 12.1 Å². The molecule has 0 saturated carbocycles. The van der Waals surface area contributed by atoms with Gasteiger partial charge in [0.15, 0.2) is 0 Å². The molecule has 0 spiro atoms. The minimum atomic E-state index is -2.59. The van der Waals surface area contributed by atoms with Gasteiger partial charge in [0.2, 0.25) is 0 Å². The summed E-state index contributed by atoms with van der Waals surface area (Å²) in [5.74, 6) is -0.353. The number of aromatic nitrogens is 2. The molecule has 19 heavy (non-hydrogen) atoms. The van der Waals surface area contributed by atoms with E-state index in [0.717, 1.165) is 5.56 Å². The minimum Gasteiger partial charge on any atom is -0.316 e. The summed E-state index contributed by atoms with van der Waals surface area (Å²) in [6.45, 7) is 0.534. The molecule has 1 aromatic heterocycles. The topological polar surface area (TPSA) is 29.9 Å². The van der Waals surface area contributed by atoms with Crippen molar-refractivity contribution in [1.82, 2.24) is 15.1 Å². The molecular formula is C13H14F3N3. The van der Waals surface area contributed by atoms with E-state index in [1.54, 1.807) is 19.2 Å². The molecule has 0 aliphatic carbocycles. The van der Waals surface area contributed by atoms with Gasteiger partial charge in [-0.15, -0.1) is 0 Å². The third-order valence-electron chi connectivity index (χ3n) is 2.78. The Morgan fingerprint density at radius 1 is 1.26 bits per heavy atom. The van der Waals surface area contributed by atoms with Crippen LogP contribution in [0.25, 0.3) is 0 Å². The van der Waals surface area contributed by atoms with E-state index in [9.17, 15) is 13.2 Å². The molecule has 102 valence electrons. The lowest BCUT2D eigenvalue weighted by atomic mass is 10.2. The first-order valence-corrected chi connectivity index (χ1v) is 5.83. The standard InChI is InChI=1S/C13H14F3N3/c1-17-6-10-7-18-19(12(10)13(15)16)8-9-2-4-11(14)5-3-9/h2-5,7,13,17H,6,8H2,1H3. The van der Waals surface area contributed by atoms with Crippen LogP contribution in [0.15, 0.2) is 30.5 Å². The fraction of sp³-hybridized carbons (Fsp3) is 0.308. The molecule has 1 aromatic carbocycles. The summed E-state index contributed by atoms with van der Waals surface area (Å²) in [7, 11) is 1.69. The largest absolute Gasteiger partial charge is 0.316 e. The van der Waals surface area contributed by atoms with E-state index in [0.29, 0.717) is 12.1 Å². The second-order valence-electron chi connectivity index (χ2n) is 4.17. The fourth-order valence-corrected chi connectivity index (χ4v) is 1.90. The Kier molecular flexibility index (Phi) is 4.21. The molecule has 0 amide bonds. The summed E-state index contributed by atoms with van der Waals surface area (Å²) >= 11 is 0. The smallest absolute Gasteiger partial charge is 0.280 e. The monoisotopic (exact) mass is 269 g/mol. The SMILES string of the molecule is CNCc1cnn(Cc2ccc(F)cc2)c1C(F)F. The van der Waals surface area contributed by atoms with Crippen LogP contribution in [0.1, 0.15) is 23.2 Å². The Bertz CT molecular complexity index is 535. The average molecular weight is 269 g/mol. The van der Waals surface area contributed by atoms with Gasteiger partial charge >= 0.3 is 0 Å². The fourth-order valence-electron chi connectivity index (χ4n) is 1.90. The Balaban J connectivity index is 2.26. The van der Waals surface area contributed by atoms with Crippen molar-refractivity contribution in [3.8, 4) is 0 Å². The zero-order valence-corrected chi connectivity index (χ0v) is 10.4. The van der Waals surface area contributed by atoms with Crippen LogP contribution in [-0.4, -0.2) is 16.8 Å². The molecule has 0 aliphatic rings. The number of nitrogens with one attached hydrogen (secondary N) is 1. The number of hydrogen-bond donors (Lipinski definition) is 1. The van der Waals surface area contributed by atoms with E-state index in [-0.39, 0.29) is 18.1 Å². The van der Waals surface area contributed by atoms with Gasteiger partial charge in [-0.3, -0.25) is 4.68 Å². The molecule has 0 fully saturated rings. The maximum atomic E-state index is 13.1. The molecule has 2 aromatic rings. The van der Waals surface area contributed by atoms with Gasteiger partial charge in [-0.05, 0) is 24.7 Å². The van der Waals surface area contributed by atoms with Gasteiger partial charge in [-0.2, -0.15) is 5.10 Å². The zero-order valence-electron chi connectivity index (χ0n) is 10.4. The number of nitrogens with zero attached hydrogens (tertiary/aromatic N) is 2. The molecule has 1 N–H and O–H groups in total. The first-order valence-electron chi connectivity index (χ1n) is 5.83. The molecule has 0 unspecified atom stereocenters. The van der Waals surface area contributed by atoms with Gasteiger partial charge < -0.3 is 5.32 Å². The van der Waals surface area contributed by atoms with Crippen molar-refractivity contribution in [3.05, 3.63) is 53.1 Å². The Labute approximate surface area is 109 Å². The molecule has 0 bridgehead atoms. The van der Waals surface area contributed by atoms with Crippen molar-refractivity contribution in [1.29, 1.82) is 0 Å². The third-order valence-corrected chi connectivity index (χ3v) is 2.78. The van der Waals surface area contributed by atoms with E-state index in [4.69, 9.17) is 0 Å². The van der Waals surface area contributed by atoms with Crippen LogP contribution < -0.4 is 5.32 Å². The van der Waals surface area contributed by atoms with Gasteiger partial charge in [0.05, 0.1) is 12.7 Å².